The molecule has 1 saturated heterocycles. The number of amides is 3. The predicted molar refractivity (Wildman–Crippen MR) is 253 cm³/mol. The van der Waals surface area contributed by atoms with Crippen LogP contribution < -0.4 is 21.6 Å². The lowest BCUT2D eigenvalue weighted by atomic mass is 10.0. The Morgan fingerprint density at radius 2 is 1.36 bits per heavy atom. The summed E-state index contributed by atoms with van der Waals surface area (Å²) in [6, 6.07) is 27.7. The number of ether oxygens (including phenoxy) is 1. The van der Waals surface area contributed by atoms with E-state index in [0.717, 1.165) is 107 Å². The number of carbonyl (C=O) groups excluding carboxylic acids is 3. The molecule has 0 spiro atoms. The van der Waals surface area contributed by atoms with Gasteiger partial charge in [0.15, 0.2) is 0 Å². The minimum Gasteiger partial charge on any atom is -0.374 e. The smallest absolute Gasteiger partial charge is 0.274 e. The van der Waals surface area contributed by atoms with Crippen molar-refractivity contribution in [3.63, 3.8) is 0 Å². The lowest BCUT2D eigenvalue weighted by Crippen LogP contribution is -2.48. The normalized spacial score (nSPS) is 16.7. The number of hydrogen-bond acceptors (Lipinski definition) is 10. The summed E-state index contributed by atoms with van der Waals surface area (Å²) in [7, 11) is 4.07. The molecule has 1 atom stereocenters. The van der Waals surface area contributed by atoms with Gasteiger partial charge in [0.2, 0.25) is 0 Å². The highest BCUT2D eigenvalue weighted by Gasteiger charge is 2.29. The van der Waals surface area contributed by atoms with Crippen molar-refractivity contribution in [2.24, 2.45) is 0 Å². The molecule has 0 saturated carbocycles. The maximum atomic E-state index is 13.4. The first-order valence-electron chi connectivity index (χ1n) is 23.2. The summed E-state index contributed by atoms with van der Waals surface area (Å²) in [5.41, 5.74) is 15.9. The zero-order chi connectivity index (χ0) is 45.7. The Kier molecular flexibility index (Phi) is 13.9. The zero-order valence-corrected chi connectivity index (χ0v) is 37.9. The molecule has 346 valence electrons. The lowest BCUT2D eigenvalue weighted by molar-refractivity contribution is -0.0446. The molecule has 1 unspecified atom stereocenters. The van der Waals surface area contributed by atoms with Crippen LogP contribution in [0.3, 0.4) is 0 Å². The summed E-state index contributed by atoms with van der Waals surface area (Å²) in [5, 5.41) is 27.2. The number of nitrogens with zero attached hydrogens (tertiary/aromatic N) is 5. The van der Waals surface area contributed by atoms with Gasteiger partial charge in [-0.3, -0.25) is 34.6 Å². The average Bonchev–Trinajstić information content (AvgIpc) is 3.82. The highest BCUT2D eigenvalue weighted by Crippen LogP contribution is 2.34. The molecule has 0 bridgehead atoms. The quantitative estimate of drug-likeness (QED) is 0.0461. The van der Waals surface area contributed by atoms with Crippen LogP contribution in [0.15, 0.2) is 84.9 Å². The molecular weight excluding hydrogens is 835 g/mol. The molecule has 2 aromatic heterocycles. The first-order chi connectivity index (χ1) is 32.1. The summed E-state index contributed by atoms with van der Waals surface area (Å²) in [5.74, 6) is -1.12. The van der Waals surface area contributed by atoms with Crippen molar-refractivity contribution in [2.75, 3.05) is 73.1 Å². The van der Waals surface area contributed by atoms with Gasteiger partial charge in [-0.15, -0.1) is 0 Å². The van der Waals surface area contributed by atoms with Crippen LogP contribution in [0.5, 0.6) is 0 Å². The fourth-order valence-corrected chi connectivity index (χ4v) is 10.1. The van der Waals surface area contributed by atoms with Gasteiger partial charge in [0.25, 0.3) is 17.7 Å². The highest BCUT2D eigenvalue weighted by atomic mass is 16.5. The number of nitrogens with one attached hydrogen (secondary N) is 4. The number of carbonyl (C=O) groups is 3. The second kappa shape index (κ2) is 20.3. The van der Waals surface area contributed by atoms with Crippen molar-refractivity contribution < 1.29 is 29.5 Å². The van der Waals surface area contributed by atoms with E-state index in [1.165, 1.54) is 39.0 Å². The zero-order valence-electron chi connectivity index (χ0n) is 37.9. The van der Waals surface area contributed by atoms with Gasteiger partial charge in [-0.2, -0.15) is 0 Å². The van der Waals surface area contributed by atoms with Gasteiger partial charge < -0.3 is 29.4 Å². The van der Waals surface area contributed by atoms with E-state index in [1.807, 2.05) is 44.4 Å². The van der Waals surface area contributed by atoms with Crippen LogP contribution in [0.2, 0.25) is 0 Å². The topological polar surface area (TPSA) is 169 Å². The van der Waals surface area contributed by atoms with Gasteiger partial charge in [-0.1, -0.05) is 30.3 Å². The lowest BCUT2D eigenvalue weighted by Gasteiger charge is -2.37. The van der Waals surface area contributed by atoms with E-state index in [-0.39, 0.29) is 12.0 Å². The molecule has 4 aromatic carbocycles. The summed E-state index contributed by atoms with van der Waals surface area (Å²) >= 11 is 0. The average molecular weight is 896 g/mol. The van der Waals surface area contributed by atoms with Crippen LogP contribution in [0.1, 0.15) is 76.7 Å². The van der Waals surface area contributed by atoms with Gasteiger partial charge in [0.05, 0.1) is 12.7 Å². The van der Waals surface area contributed by atoms with Gasteiger partial charge in [0.1, 0.15) is 0 Å². The summed E-state index contributed by atoms with van der Waals surface area (Å²) in [6.07, 6.45) is 3.75. The Labute approximate surface area is 385 Å². The van der Waals surface area contributed by atoms with Crippen molar-refractivity contribution in [1.82, 2.24) is 45.4 Å². The second-order valence-corrected chi connectivity index (χ2v) is 18.2. The Morgan fingerprint density at radius 1 is 0.727 bits per heavy atom. The van der Waals surface area contributed by atoms with Crippen LogP contribution in [-0.2, 0) is 50.2 Å². The van der Waals surface area contributed by atoms with Crippen LogP contribution in [0.25, 0.3) is 21.8 Å². The molecule has 15 nitrogen and oxygen atoms in total. The number of hydroxylamine groups is 2. The molecule has 6 aromatic rings. The van der Waals surface area contributed by atoms with Gasteiger partial charge in [-0.05, 0) is 129 Å². The van der Waals surface area contributed by atoms with Crippen molar-refractivity contribution in [3.05, 3.63) is 141 Å². The fraction of sp³-hybridized carbons (Fsp3) is 0.392. The number of aromatic nitrogens is 2. The SMILES string of the molecule is CN(C)CCCNC(=O)c1ccc2c(c1)c1c(n2Cc2ccc(C(=O)NO)cc2)CCN(CC2CN(CCc3ccc4c(c3)c3c(n4Cc4ccc(C(=O)NO)cc4)CNCC3)CCO2)C1. The van der Waals surface area contributed by atoms with E-state index >= 15 is 0 Å². The molecule has 9 rings (SSSR count). The third-order valence-electron chi connectivity index (χ3n) is 13.6. The monoisotopic (exact) mass is 895 g/mol. The van der Waals surface area contributed by atoms with E-state index in [1.54, 1.807) is 35.2 Å². The van der Waals surface area contributed by atoms with E-state index in [9.17, 15) is 14.4 Å². The molecule has 5 heterocycles. The molecule has 15 heteroatoms. The molecule has 3 amide bonds. The third-order valence-corrected chi connectivity index (χ3v) is 13.6. The van der Waals surface area contributed by atoms with E-state index in [2.05, 4.69) is 64.8 Å². The summed E-state index contributed by atoms with van der Waals surface area (Å²) < 4.78 is 11.2. The number of fused-ring (bicyclic) bond motifs is 6. The molecule has 3 aliphatic heterocycles. The Bertz CT molecular complexity index is 2710. The molecule has 6 N–H and O–H groups in total. The predicted octanol–water partition coefficient (Wildman–Crippen LogP) is 4.56. The van der Waals surface area contributed by atoms with Gasteiger partial charge in [0, 0.05) is 122 Å². The molecule has 1 fully saturated rings. The van der Waals surface area contributed by atoms with Gasteiger partial charge in [-0.25, -0.2) is 11.0 Å². The second-order valence-electron chi connectivity index (χ2n) is 18.2. The number of benzene rings is 4. The van der Waals surface area contributed by atoms with Crippen LogP contribution in [0, 0.1) is 0 Å². The Hall–Kier alpha value is -5.91. The number of hydrogen-bond donors (Lipinski definition) is 6. The fourth-order valence-electron chi connectivity index (χ4n) is 10.1. The summed E-state index contributed by atoms with van der Waals surface area (Å²) in [4.78, 5) is 44.5. The van der Waals surface area contributed by atoms with Crippen molar-refractivity contribution in [3.8, 4) is 0 Å². The van der Waals surface area contributed by atoms with E-state index in [4.69, 9.17) is 15.2 Å². The largest absolute Gasteiger partial charge is 0.374 e. The molecule has 3 aliphatic rings. The first kappa shape index (κ1) is 45.3. The standard InChI is InChI=1S/C51H61N9O6/c1-56(2)21-3-19-53-49(61)39-13-15-46-43(27-39)44-33-58(23-18-47(44)59(46)29-35-4-9-37(10-5-35)50(62)54-64)32-40-31-57(24-25-66-40)22-17-34-8-14-45-42(26-34)41-16-20-52-28-48(41)60(45)30-36-6-11-38(12-7-36)51(63)55-65/h4-15,26-27,40,52,64-65H,3,16-25,28-33H2,1-2H3,(H,53,61)(H,54,62)(H,55,63). The maximum Gasteiger partial charge on any atom is 0.274 e. The number of rotatable bonds is 16. The van der Waals surface area contributed by atoms with E-state index in [0.29, 0.717) is 42.9 Å². The van der Waals surface area contributed by atoms with Crippen LogP contribution >= 0.6 is 0 Å². The van der Waals surface area contributed by atoms with Crippen molar-refractivity contribution in [1.29, 1.82) is 0 Å². The van der Waals surface area contributed by atoms with Crippen molar-refractivity contribution in [2.45, 2.75) is 58.0 Å². The molecule has 66 heavy (non-hydrogen) atoms. The molecule has 0 radical (unpaired) electrons. The minimum absolute atomic E-state index is 0.0654. The van der Waals surface area contributed by atoms with Crippen molar-refractivity contribution >= 4 is 39.5 Å². The molecule has 0 aliphatic carbocycles. The Morgan fingerprint density at radius 3 is 2.05 bits per heavy atom. The van der Waals surface area contributed by atoms with E-state index < -0.39 is 11.8 Å². The van der Waals surface area contributed by atoms with Crippen LogP contribution in [-0.4, -0.2) is 131 Å². The maximum absolute atomic E-state index is 13.4. The summed E-state index contributed by atoms with van der Waals surface area (Å²) in [6.45, 7) is 10.5. The highest BCUT2D eigenvalue weighted by molar-refractivity contribution is 5.99. The number of morpholine rings is 1. The van der Waals surface area contributed by atoms with Gasteiger partial charge >= 0.3 is 0 Å². The first-order valence-corrected chi connectivity index (χ1v) is 23.2. The Balaban J connectivity index is 0.874. The minimum atomic E-state index is -0.542. The molecular formula is C51H61N9O6. The third kappa shape index (κ3) is 9.93. The van der Waals surface area contributed by atoms with Crippen LogP contribution in [0.4, 0.5) is 0 Å².